The molecule has 11 heteroatoms. The molecule has 1 fully saturated rings. The van der Waals surface area contributed by atoms with Crippen LogP contribution < -0.4 is 21.7 Å². The van der Waals surface area contributed by atoms with Crippen LogP contribution in [0.25, 0.3) is 0 Å². The van der Waals surface area contributed by atoms with Crippen molar-refractivity contribution < 1.29 is 9.53 Å². The molecule has 0 radical (unpaired) electrons. The van der Waals surface area contributed by atoms with Crippen LogP contribution in [0.15, 0.2) is 28.1 Å². The minimum atomic E-state index is -0.415. The Kier molecular flexibility index (Phi) is 6.53. The Morgan fingerprint density at radius 1 is 1.34 bits per heavy atom. The maximum atomic E-state index is 11.3. The molecule has 156 valence electrons. The molecule has 0 atom stereocenters. The number of amides is 1. The average Bonchev–Trinajstić information content (AvgIpc) is 2.71. The lowest BCUT2D eigenvalue weighted by Crippen LogP contribution is -2.45. The number of aromatic nitrogens is 3. The van der Waals surface area contributed by atoms with Crippen molar-refractivity contribution in [3.63, 3.8) is 0 Å². The van der Waals surface area contributed by atoms with Crippen molar-refractivity contribution in [2.45, 2.75) is 29.7 Å². The topological polar surface area (TPSA) is 132 Å². The molecule has 9 nitrogen and oxygen atoms in total. The van der Waals surface area contributed by atoms with Crippen molar-refractivity contribution in [1.82, 2.24) is 20.5 Å². The Hall–Kier alpha value is -2.46. The van der Waals surface area contributed by atoms with Gasteiger partial charge in [0.05, 0.1) is 17.8 Å². The van der Waals surface area contributed by atoms with Gasteiger partial charge in [-0.3, -0.25) is 0 Å². The van der Waals surface area contributed by atoms with Gasteiger partial charge in [-0.05, 0) is 30.4 Å². The van der Waals surface area contributed by atoms with E-state index in [-0.39, 0.29) is 5.41 Å². The van der Waals surface area contributed by atoms with E-state index >= 15 is 0 Å². The number of rotatable bonds is 5. The summed E-state index contributed by atoms with van der Waals surface area (Å²) in [5.74, 6) is 0.785. The van der Waals surface area contributed by atoms with Crippen LogP contribution >= 0.6 is 23.4 Å². The molecule has 1 saturated heterocycles. The van der Waals surface area contributed by atoms with Crippen LogP contribution in [-0.2, 0) is 4.74 Å². The number of methoxy groups -OCH3 is 1. The lowest BCUT2D eigenvalue weighted by molar-refractivity contribution is 0.158. The summed E-state index contributed by atoms with van der Waals surface area (Å²) in [6.07, 6.45) is 1.33. The molecule has 0 aliphatic carbocycles. The second kappa shape index (κ2) is 8.91. The number of nitrogens with one attached hydrogen (secondary N) is 1. The molecule has 2 aromatic rings. The number of nitrogens with two attached hydrogens (primary N) is 2. The maximum Gasteiger partial charge on any atom is 0.406 e. The minimum absolute atomic E-state index is 0.0105. The number of ether oxygens (including phenoxy) is 1. The van der Waals surface area contributed by atoms with E-state index in [1.165, 1.54) is 18.9 Å². The molecule has 0 spiro atoms. The second-order valence-corrected chi connectivity index (χ2v) is 8.62. The number of hydrogen-bond acceptors (Lipinski definition) is 9. The Labute approximate surface area is 178 Å². The highest BCUT2D eigenvalue weighted by molar-refractivity contribution is 7.99. The molecule has 1 aliphatic heterocycles. The van der Waals surface area contributed by atoms with Crippen molar-refractivity contribution in [2.75, 3.05) is 43.1 Å². The number of benzene rings is 1. The van der Waals surface area contributed by atoms with E-state index in [2.05, 4.69) is 32.2 Å². The lowest BCUT2D eigenvalue weighted by atomic mass is 9.80. The minimum Gasteiger partial charge on any atom is -0.453 e. The fourth-order valence-corrected chi connectivity index (χ4v) is 4.05. The summed E-state index contributed by atoms with van der Waals surface area (Å²) in [6, 6.07) is 5.38. The van der Waals surface area contributed by atoms with E-state index in [0.717, 1.165) is 30.8 Å². The smallest absolute Gasteiger partial charge is 0.406 e. The Balaban J connectivity index is 1.64. The fourth-order valence-electron chi connectivity index (χ4n) is 3.02. The molecule has 29 heavy (non-hydrogen) atoms. The van der Waals surface area contributed by atoms with Gasteiger partial charge in [-0.2, -0.15) is 4.98 Å². The largest absolute Gasteiger partial charge is 0.453 e. The molecule has 1 aliphatic rings. The normalized spacial score (nSPS) is 15.8. The number of hydrogen-bond donors (Lipinski definition) is 3. The third kappa shape index (κ3) is 5.13. The van der Waals surface area contributed by atoms with Gasteiger partial charge < -0.3 is 26.4 Å². The predicted molar refractivity (Wildman–Crippen MR) is 114 cm³/mol. The average molecular weight is 438 g/mol. The van der Waals surface area contributed by atoms with Crippen LogP contribution in [0.1, 0.15) is 19.8 Å². The van der Waals surface area contributed by atoms with E-state index in [9.17, 15) is 4.79 Å². The Morgan fingerprint density at radius 3 is 2.72 bits per heavy atom. The SMILES string of the molecule is COC(=O)NCC1(C)CCN(c2nnc(Sc3cccc(N)c3Cl)c(N)n2)CC1. The van der Waals surface area contributed by atoms with Gasteiger partial charge >= 0.3 is 6.09 Å². The summed E-state index contributed by atoms with van der Waals surface area (Å²) in [6.45, 7) is 4.19. The first kappa shape index (κ1) is 21.3. The van der Waals surface area contributed by atoms with Gasteiger partial charge in [-0.1, -0.05) is 36.4 Å². The molecule has 1 aromatic carbocycles. The molecule has 1 aromatic heterocycles. The van der Waals surface area contributed by atoms with E-state index in [0.29, 0.717) is 34.0 Å². The fraction of sp³-hybridized carbons (Fsp3) is 0.444. The molecule has 3 rings (SSSR count). The number of carbonyl (C=O) groups is 1. The van der Waals surface area contributed by atoms with Gasteiger partial charge in [-0.25, -0.2) is 4.79 Å². The summed E-state index contributed by atoms with van der Waals surface area (Å²) in [4.78, 5) is 18.5. The van der Waals surface area contributed by atoms with Crippen molar-refractivity contribution >= 4 is 46.9 Å². The van der Waals surface area contributed by atoms with Gasteiger partial charge in [0.2, 0.25) is 5.95 Å². The number of nitrogen functional groups attached to an aromatic ring is 2. The third-order valence-electron chi connectivity index (χ3n) is 4.97. The lowest BCUT2D eigenvalue weighted by Gasteiger charge is -2.39. The number of carbonyl (C=O) groups excluding carboxylic acids is 1. The van der Waals surface area contributed by atoms with Crippen molar-refractivity contribution in [2.24, 2.45) is 5.41 Å². The van der Waals surface area contributed by atoms with E-state index in [1.807, 2.05) is 17.0 Å². The maximum absolute atomic E-state index is 11.3. The molecule has 1 amide bonds. The Morgan fingerprint density at radius 2 is 2.07 bits per heavy atom. The summed E-state index contributed by atoms with van der Waals surface area (Å²) in [5, 5.41) is 12.2. The molecular formula is C18H24ClN7O2S. The van der Waals surface area contributed by atoms with Gasteiger partial charge in [0.25, 0.3) is 0 Å². The summed E-state index contributed by atoms with van der Waals surface area (Å²) < 4.78 is 4.64. The highest BCUT2D eigenvalue weighted by atomic mass is 35.5. The number of halogens is 1. The first-order valence-electron chi connectivity index (χ1n) is 9.10. The van der Waals surface area contributed by atoms with Crippen LogP contribution in [-0.4, -0.2) is 48.0 Å². The molecule has 0 saturated carbocycles. The van der Waals surface area contributed by atoms with Gasteiger partial charge in [0.15, 0.2) is 10.8 Å². The molecule has 2 heterocycles. The van der Waals surface area contributed by atoms with Crippen molar-refractivity contribution in [3.05, 3.63) is 23.2 Å². The standard InChI is InChI=1S/C18H24ClN7O2S/c1-18(10-22-17(27)28-2)6-8-26(9-7-18)16-23-14(21)15(24-25-16)29-12-5-3-4-11(20)13(12)19/h3-5H,6-10,20H2,1-2H3,(H,22,27)(H2,21,23,25). The van der Waals surface area contributed by atoms with Crippen molar-refractivity contribution in [3.8, 4) is 0 Å². The van der Waals surface area contributed by atoms with Crippen molar-refractivity contribution in [1.29, 1.82) is 0 Å². The van der Waals surface area contributed by atoms with E-state index in [1.54, 1.807) is 6.07 Å². The monoisotopic (exact) mass is 437 g/mol. The molecule has 5 N–H and O–H groups in total. The quantitative estimate of drug-likeness (QED) is 0.603. The zero-order valence-electron chi connectivity index (χ0n) is 16.3. The number of nitrogens with zero attached hydrogens (tertiary/aromatic N) is 4. The van der Waals surface area contributed by atoms with Gasteiger partial charge in [0.1, 0.15) is 0 Å². The highest BCUT2D eigenvalue weighted by Crippen LogP contribution is 2.37. The first-order chi connectivity index (χ1) is 13.8. The zero-order chi connectivity index (χ0) is 21.0. The third-order valence-corrected chi connectivity index (χ3v) is 6.55. The summed E-state index contributed by atoms with van der Waals surface area (Å²) in [5.41, 5.74) is 12.4. The second-order valence-electron chi connectivity index (χ2n) is 7.21. The zero-order valence-corrected chi connectivity index (χ0v) is 17.9. The summed E-state index contributed by atoms with van der Waals surface area (Å²) >= 11 is 7.51. The van der Waals surface area contributed by atoms with Crippen LogP contribution in [0.3, 0.4) is 0 Å². The van der Waals surface area contributed by atoms with Crippen LogP contribution in [0.2, 0.25) is 5.02 Å². The molecular weight excluding hydrogens is 414 g/mol. The van der Waals surface area contributed by atoms with Gasteiger partial charge in [-0.15, -0.1) is 10.2 Å². The number of alkyl carbamates (subject to hydrolysis) is 1. The number of piperidine rings is 1. The van der Waals surface area contributed by atoms with Crippen LogP contribution in [0.4, 0.5) is 22.2 Å². The van der Waals surface area contributed by atoms with Crippen LogP contribution in [0, 0.1) is 5.41 Å². The van der Waals surface area contributed by atoms with Crippen LogP contribution in [0.5, 0.6) is 0 Å². The Bertz CT molecular complexity index is 891. The predicted octanol–water partition coefficient (Wildman–Crippen LogP) is 2.80. The van der Waals surface area contributed by atoms with E-state index in [4.69, 9.17) is 23.1 Å². The molecule has 0 bridgehead atoms. The molecule has 0 unspecified atom stereocenters. The summed E-state index contributed by atoms with van der Waals surface area (Å²) in [7, 11) is 1.36. The van der Waals surface area contributed by atoms with E-state index < -0.39 is 6.09 Å². The number of anilines is 3. The first-order valence-corrected chi connectivity index (χ1v) is 10.3. The van der Waals surface area contributed by atoms with Gasteiger partial charge in [0, 0.05) is 24.5 Å². The highest BCUT2D eigenvalue weighted by Gasteiger charge is 2.32.